The van der Waals surface area contributed by atoms with E-state index in [4.69, 9.17) is 11.6 Å². The van der Waals surface area contributed by atoms with Crippen molar-refractivity contribution in [3.8, 4) is 5.69 Å². The lowest BCUT2D eigenvalue weighted by atomic mass is 10.1. The van der Waals surface area contributed by atoms with Crippen molar-refractivity contribution in [3.05, 3.63) is 41.2 Å². The Labute approximate surface area is 98.5 Å². The van der Waals surface area contributed by atoms with Gasteiger partial charge in [0.25, 0.3) is 0 Å². The molecule has 2 aromatic rings. The number of rotatable bonds is 2. The van der Waals surface area contributed by atoms with E-state index in [1.165, 1.54) is 0 Å². The average Bonchev–Trinajstić information content (AvgIpc) is 2.66. The number of hydrogen-bond donors (Lipinski definition) is 1. The summed E-state index contributed by atoms with van der Waals surface area (Å²) < 4.78 is 1.55. The fourth-order valence-corrected chi connectivity index (χ4v) is 1.52. The van der Waals surface area contributed by atoms with Gasteiger partial charge in [-0.2, -0.15) is 0 Å². The Bertz CT molecular complexity index is 502. The number of para-hydroxylation sites is 1. The highest BCUT2D eigenvalue weighted by Crippen LogP contribution is 2.21. The van der Waals surface area contributed by atoms with Gasteiger partial charge < -0.3 is 5.11 Å². The molecule has 84 valence electrons. The predicted molar refractivity (Wildman–Crippen MR) is 61.6 cm³/mol. The second kappa shape index (κ2) is 3.88. The summed E-state index contributed by atoms with van der Waals surface area (Å²) in [5, 5.41) is 18.2. The number of halogens is 1. The van der Waals surface area contributed by atoms with Crippen molar-refractivity contribution in [2.45, 2.75) is 19.4 Å². The molecule has 1 aromatic heterocycles. The van der Waals surface area contributed by atoms with Gasteiger partial charge in [-0.15, -0.1) is 5.10 Å². The summed E-state index contributed by atoms with van der Waals surface area (Å²) in [6, 6.07) is 7.33. The van der Waals surface area contributed by atoms with Crippen molar-refractivity contribution in [3.63, 3.8) is 0 Å². The third kappa shape index (κ3) is 2.08. The Balaban J connectivity index is 2.44. The molecule has 16 heavy (non-hydrogen) atoms. The number of aromatic nitrogens is 3. The minimum absolute atomic E-state index is 0.507. The van der Waals surface area contributed by atoms with Gasteiger partial charge in [0.2, 0.25) is 0 Å². The normalized spacial score (nSPS) is 11.8. The maximum Gasteiger partial charge on any atom is 0.114 e. The molecular weight excluding hydrogens is 226 g/mol. The Morgan fingerprint density at radius 3 is 2.56 bits per heavy atom. The minimum Gasteiger partial charge on any atom is -0.384 e. The quantitative estimate of drug-likeness (QED) is 0.871. The molecule has 0 amide bonds. The molecule has 0 aliphatic rings. The Kier molecular flexibility index (Phi) is 2.69. The van der Waals surface area contributed by atoms with Crippen LogP contribution in [0.4, 0.5) is 0 Å². The van der Waals surface area contributed by atoms with Crippen LogP contribution in [0.5, 0.6) is 0 Å². The first-order valence-corrected chi connectivity index (χ1v) is 5.26. The van der Waals surface area contributed by atoms with Crippen LogP contribution in [0.25, 0.3) is 5.69 Å². The van der Waals surface area contributed by atoms with Gasteiger partial charge in [-0.25, -0.2) is 4.68 Å². The van der Waals surface area contributed by atoms with Crippen LogP contribution in [-0.2, 0) is 5.60 Å². The standard InChI is InChI=1S/C11H12ClN3O/c1-11(2,16)10-7-15(14-13-10)9-6-4-3-5-8(9)12/h3-7,16H,1-2H3. The van der Waals surface area contributed by atoms with Crippen LogP contribution >= 0.6 is 11.6 Å². The zero-order chi connectivity index (χ0) is 11.8. The monoisotopic (exact) mass is 237 g/mol. The largest absolute Gasteiger partial charge is 0.384 e. The van der Waals surface area contributed by atoms with Crippen LogP contribution < -0.4 is 0 Å². The molecule has 5 heteroatoms. The molecule has 1 heterocycles. The lowest BCUT2D eigenvalue weighted by molar-refractivity contribution is 0.0737. The summed E-state index contributed by atoms with van der Waals surface area (Å²) in [6.45, 7) is 3.32. The molecule has 0 fully saturated rings. The lowest BCUT2D eigenvalue weighted by Gasteiger charge is -2.11. The minimum atomic E-state index is -1.00. The Morgan fingerprint density at radius 1 is 1.31 bits per heavy atom. The van der Waals surface area contributed by atoms with Crippen LogP contribution in [0.3, 0.4) is 0 Å². The number of aliphatic hydroxyl groups is 1. The van der Waals surface area contributed by atoms with Crippen LogP contribution in [0, 0.1) is 0 Å². The van der Waals surface area contributed by atoms with Crippen molar-refractivity contribution in [1.29, 1.82) is 0 Å². The van der Waals surface area contributed by atoms with E-state index in [1.54, 1.807) is 30.8 Å². The molecule has 0 bridgehead atoms. The number of nitrogens with zero attached hydrogens (tertiary/aromatic N) is 3. The third-order valence-electron chi connectivity index (χ3n) is 2.22. The average molecular weight is 238 g/mol. The van der Waals surface area contributed by atoms with Crippen molar-refractivity contribution < 1.29 is 5.11 Å². The van der Waals surface area contributed by atoms with E-state index in [0.29, 0.717) is 10.7 Å². The first kappa shape index (κ1) is 11.1. The topological polar surface area (TPSA) is 50.9 Å². The molecule has 0 aliphatic heterocycles. The van der Waals surface area contributed by atoms with Crippen LogP contribution in [-0.4, -0.2) is 20.1 Å². The van der Waals surface area contributed by atoms with Crippen molar-refractivity contribution in [1.82, 2.24) is 15.0 Å². The number of hydrogen-bond acceptors (Lipinski definition) is 3. The predicted octanol–water partition coefficient (Wildman–Crippen LogP) is 2.15. The van der Waals surface area contributed by atoms with Gasteiger partial charge in [0.15, 0.2) is 0 Å². The molecule has 2 rings (SSSR count). The van der Waals surface area contributed by atoms with E-state index in [1.807, 2.05) is 18.2 Å². The molecule has 1 aromatic carbocycles. The van der Waals surface area contributed by atoms with E-state index in [0.717, 1.165) is 5.69 Å². The van der Waals surface area contributed by atoms with Gasteiger partial charge in [-0.05, 0) is 26.0 Å². The van der Waals surface area contributed by atoms with Gasteiger partial charge in [-0.3, -0.25) is 0 Å². The van der Waals surface area contributed by atoms with Gasteiger partial charge in [-0.1, -0.05) is 28.9 Å². The van der Waals surface area contributed by atoms with Crippen molar-refractivity contribution in [2.24, 2.45) is 0 Å². The molecule has 0 atom stereocenters. The Morgan fingerprint density at radius 2 is 2.00 bits per heavy atom. The second-order valence-electron chi connectivity index (χ2n) is 4.06. The third-order valence-corrected chi connectivity index (χ3v) is 2.54. The molecule has 0 saturated carbocycles. The maximum atomic E-state index is 9.77. The van der Waals surface area contributed by atoms with Crippen LogP contribution in [0.15, 0.2) is 30.5 Å². The molecule has 1 N–H and O–H groups in total. The smallest absolute Gasteiger partial charge is 0.114 e. The van der Waals surface area contributed by atoms with Crippen molar-refractivity contribution >= 4 is 11.6 Å². The fourth-order valence-electron chi connectivity index (χ4n) is 1.30. The highest BCUT2D eigenvalue weighted by Gasteiger charge is 2.20. The first-order valence-electron chi connectivity index (χ1n) is 4.88. The molecule has 0 saturated heterocycles. The molecule has 0 unspecified atom stereocenters. The van der Waals surface area contributed by atoms with Gasteiger partial charge in [0.1, 0.15) is 11.3 Å². The lowest BCUT2D eigenvalue weighted by Crippen LogP contribution is -2.15. The summed E-state index contributed by atoms with van der Waals surface area (Å²) >= 11 is 6.03. The van der Waals surface area contributed by atoms with E-state index in [-0.39, 0.29) is 0 Å². The summed E-state index contributed by atoms with van der Waals surface area (Å²) in [6.07, 6.45) is 1.67. The van der Waals surface area contributed by atoms with Crippen LogP contribution in [0.2, 0.25) is 5.02 Å². The summed E-state index contributed by atoms with van der Waals surface area (Å²) in [5.74, 6) is 0. The molecule has 0 radical (unpaired) electrons. The summed E-state index contributed by atoms with van der Waals surface area (Å²) in [5.41, 5.74) is 0.249. The summed E-state index contributed by atoms with van der Waals surface area (Å²) in [4.78, 5) is 0. The van der Waals surface area contributed by atoms with Gasteiger partial charge in [0.05, 0.1) is 16.9 Å². The van der Waals surface area contributed by atoms with E-state index < -0.39 is 5.60 Å². The van der Waals surface area contributed by atoms with Gasteiger partial charge in [0, 0.05) is 0 Å². The SMILES string of the molecule is CC(C)(O)c1cn(-c2ccccc2Cl)nn1. The van der Waals surface area contributed by atoms with E-state index in [9.17, 15) is 5.11 Å². The van der Waals surface area contributed by atoms with Crippen LogP contribution in [0.1, 0.15) is 19.5 Å². The summed E-state index contributed by atoms with van der Waals surface area (Å²) in [7, 11) is 0. The molecular formula is C11H12ClN3O. The molecule has 0 aliphatic carbocycles. The highest BCUT2D eigenvalue weighted by atomic mass is 35.5. The van der Waals surface area contributed by atoms with E-state index in [2.05, 4.69) is 10.3 Å². The molecule has 4 nitrogen and oxygen atoms in total. The zero-order valence-corrected chi connectivity index (χ0v) is 9.81. The molecule has 0 spiro atoms. The Hall–Kier alpha value is -1.39. The van der Waals surface area contributed by atoms with E-state index >= 15 is 0 Å². The highest BCUT2D eigenvalue weighted by molar-refractivity contribution is 6.32. The zero-order valence-electron chi connectivity index (χ0n) is 9.05. The number of benzene rings is 1. The maximum absolute atomic E-state index is 9.77. The van der Waals surface area contributed by atoms with Gasteiger partial charge >= 0.3 is 0 Å². The second-order valence-corrected chi connectivity index (χ2v) is 4.47. The first-order chi connectivity index (χ1) is 7.48. The van der Waals surface area contributed by atoms with Crippen molar-refractivity contribution in [2.75, 3.05) is 0 Å². The fraction of sp³-hybridized carbons (Fsp3) is 0.273.